The van der Waals surface area contributed by atoms with E-state index in [-0.39, 0.29) is 6.04 Å². The molecular formula is C27H25N7O2S. The number of hydrogen-bond acceptors (Lipinski definition) is 6. The van der Waals surface area contributed by atoms with E-state index in [4.69, 9.17) is 0 Å². The highest BCUT2D eigenvalue weighted by molar-refractivity contribution is 7.89. The Morgan fingerprint density at radius 3 is 2.59 bits per heavy atom. The predicted octanol–water partition coefficient (Wildman–Crippen LogP) is 5.26. The first-order chi connectivity index (χ1) is 17.8. The fourth-order valence-electron chi connectivity index (χ4n) is 4.89. The molecule has 10 heteroatoms. The molecule has 1 unspecified atom stereocenters. The number of hydrogen-bond donors (Lipinski definition) is 3. The predicted molar refractivity (Wildman–Crippen MR) is 146 cm³/mol. The molecule has 0 amide bonds. The summed E-state index contributed by atoms with van der Waals surface area (Å²) >= 11 is 0. The summed E-state index contributed by atoms with van der Waals surface area (Å²) in [6, 6.07) is 16.0. The van der Waals surface area contributed by atoms with Crippen LogP contribution in [0, 0.1) is 6.92 Å². The summed E-state index contributed by atoms with van der Waals surface area (Å²) in [5.41, 5.74) is 7.16. The molecule has 6 aromatic rings. The van der Waals surface area contributed by atoms with Crippen LogP contribution in [0.2, 0.25) is 0 Å². The molecule has 0 fully saturated rings. The van der Waals surface area contributed by atoms with E-state index in [9.17, 15) is 8.42 Å². The van der Waals surface area contributed by atoms with E-state index >= 15 is 0 Å². The fraction of sp³-hybridized carbons (Fsp3) is 0.148. The van der Waals surface area contributed by atoms with E-state index in [2.05, 4.69) is 55.4 Å². The van der Waals surface area contributed by atoms with Gasteiger partial charge in [-0.1, -0.05) is 30.3 Å². The third-order valence-electron chi connectivity index (χ3n) is 6.53. The van der Waals surface area contributed by atoms with Crippen molar-refractivity contribution in [3.05, 3.63) is 84.8 Å². The van der Waals surface area contributed by atoms with Crippen LogP contribution in [0.25, 0.3) is 44.3 Å². The first-order valence-electron chi connectivity index (χ1n) is 11.8. The van der Waals surface area contributed by atoms with Crippen molar-refractivity contribution in [3.8, 4) is 22.3 Å². The van der Waals surface area contributed by atoms with Crippen LogP contribution >= 0.6 is 0 Å². The van der Waals surface area contributed by atoms with Crippen LogP contribution in [0.1, 0.15) is 24.4 Å². The number of pyridine rings is 1. The molecule has 3 N–H and O–H groups in total. The molecule has 0 aliphatic rings. The monoisotopic (exact) mass is 511 g/mol. The second-order valence-corrected chi connectivity index (χ2v) is 11.0. The largest absolute Gasteiger partial charge is 0.361 e. The second kappa shape index (κ2) is 8.59. The molecule has 5 heterocycles. The molecule has 186 valence electrons. The molecule has 0 aliphatic carbocycles. The highest BCUT2D eigenvalue weighted by Crippen LogP contribution is 2.38. The Balaban J connectivity index is 1.45. The van der Waals surface area contributed by atoms with Crippen molar-refractivity contribution in [2.45, 2.75) is 19.9 Å². The van der Waals surface area contributed by atoms with Gasteiger partial charge < -0.3 is 15.3 Å². The maximum Gasteiger partial charge on any atom is 0.237 e. The van der Waals surface area contributed by atoms with Crippen molar-refractivity contribution in [1.82, 2.24) is 28.9 Å². The van der Waals surface area contributed by atoms with Crippen LogP contribution in [0.4, 0.5) is 5.82 Å². The lowest BCUT2D eigenvalue weighted by Gasteiger charge is -2.17. The van der Waals surface area contributed by atoms with Crippen molar-refractivity contribution in [3.63, 3.8) is 0 Å². The van der Waals surface area contributed by atoms with Crippen molar-refractivity contribution in [2.24, 2.45) is 0 Å². The van der Waals surface area contributed by atoms with Crippen molar-refractivity contribution in [1.29, 1.82) is 0 Å². The fourth-order valence-corrected chi connectivity index (χ4v) is 5.63. The second-order valence-electron chi connectivity index (χ2n) is 9.13. The highest BCUT2D eigenvalue weighted by atomic mass is 32.2. The summed E-state index contributed by atoms with van der Waals surface area (Å²) < 4.78 is 25.7. The molecule has 1 atom stereocenters. The van der Waals surface area contributed by atoms with E-state index in [1.165, 1.54) is 16.5 Å². The molecule has 0 saturated carbocycles. The quantitative estimate of drug-likeness (QED) is 0.280. The van der Waals surface area contributed by atoms with E-state index in [1.807, 2.05) is 37.4 Å². The zero-order valence-electron chi connectivity index (χ0n) is 20.5. The normalized spacial score (nSPS) is 12.8. The van der Waals surface area contributed by atoms with Gasteiger partial charge in [0.25, 0.3) is 0 Å². The minimum Gasteiger partial charge on any atom is -0.361 e. The van der Waals surface area contributed by atoms with E-state index < -0.39 is 10.0 Å². The minimum absolute atomic E-state index is 0.0893. The summed E-state index contributed by atoms with van der Waals surface area (Å²) in [6.45, 7) is 4.14. The molecule has 37 heavy (non-hydrogen) atoms. The van der Waals surface area contributed by atoms with E-state index in [0.717, 1.165) is 50.7 Å². The average Bonchev–Trinajstić information content (AvgIpc) is 3.61. The van der Waals surface area contributed by atoms with Crippen LogP contribution in [0.3, 0.4) is 0 Å². The lowest BCUT2D eigenvalue weighted by Crippen LogP contribution is -2.10. The van der Waals surface area contributed by atoms with E-state index in [1.54, 1.807) is 12.3 Å². The van der Waals surface area contributed by atoms with Gasteiger partial charge in [-0.25, -0.2) is 27.3 Å². The third kappa shape index (κ3) is 3.95. The molecule has 0 radical (unpaired) electrons. The zero-order valence-corrected chi connectivity index (χ0v) is 21.3. The number of nitrogens with one attached hydrogen (secondary N) is 3. The number of aromatic amines is 2. The molecule has 0 spiro atoms. The molecule has 6 rings (SSSR count). The van der Waals surface area contributed by atoms with Gasteiger partial charge in [0.05, 0.1) is 17.7 Å². The number of nitrogens with zero attached hydrogens (tertiary/aromatic N) is 4. The number of fused-ring (bicyclic) bond motifs is 2. The van der Waals surface area contributed by atoms with Crippen LogP contribution < -0.4 is 5.32 Å². The number of anilines is 1. The highest BCUT2D eigenvalue weighted by Gasteiger charge is 2.21. The lowest BCUT2D eigenvalue weighted by molar-refractivity contribution is 0.595. The molecule has 9 nitrogen and oxygen atoms in total. The van der Waals surface area contributed by atoms with Crippen LogP contribution in [0.5, 0.6) is 0 Å². The van der Waals surface area contributed by atoms with Gasteiger partial charge in [-0.15, -0.1) is 0 Å². The first-order valence-corrected chi connectivity index (χ1v) is 13.7. The Morgan fingerprint density at radius 2 is 1.81 bits per heavy atom. The van der Waals surface area contributed by atoms with E-state index in [0.29, 0.717) is 17.1 Å². The first kappa shape index (κ1) is 23.0. The third-order valence-corrected chi connectivity index (χ3v) is 7.53. The minimum atomic E-state index is -3.49. The Labute approximate surface area is 213 Å². The van der Waals surface area contributed by atoms with Crippen molar-refractivity contribution in [2.75, 3.05) is 11.6 Å². The Kier molecular flexibility index (Phi) is 5.34. The molecule has 5 aromatic heterocycles. The summed E-state index contributed by atoms with van der Waals surface area (Å²) in [4.78, 5) is 20.1. The average molecular weight is 512 g/mol. The maximum atomic E-state index is 12.2. The summed E-state index contributed by atoms with van der Waals surface area (Å²) in [6.07, 6.45) is 7.71. The molecule has 1 aromatic carbocycles. The SMILES string of the molecule is Cc1cc(-c2ccccc2)c(C(C)Nc2ncnc3[nH]cc(-c4ccnc5c4ccn5S(C)(=O)=O)c23)[nH]1. The van der Waals surface area contributed by atoms with Gasteiger partial charge in [0.1, 0.15) is 17.8 Å². The zero-order chi connectivity index (χ0) is 25.7. The van der Waals surface area contributed by atoms with Crippen LogP contribution in [0.15, 0.2) is 73.4 Å². The Hall–Kier alpha value is -4.44. The van der Waals surface area contributed by atoms with Crippen LogP contribution in [-0.2, 0) is 10.0 Å². The number of H-pyrrole nitrogens is 2. The molecule has 0 saturated heterocycles. The van der Waals surface area contributed by atoms with Gasteiger partial charge in [0, 0.05) is 46.5 Å². The molecule has 0 bridgehead atoms. The topological polar surface area (TPSA) is 121 Å². The number of aromatic nitrogens is 6. The van der Waals surface area contributed by atoms with Gasteiger partial charge in [-0.2, -0.15) is 0 Å². The Morgan fingerprint density at radius 1 is 1.00 bits per heavy atom. The smallest absolute Gasteiger partial charge is 0.237 e. The van der Waals surface area contributed by atoms with Gasteiger partial charge in [-0.05, 0) is 43.2 Å². The van der Waals surface area contributed by atoms with Gasteiger partial charge in [0.15, 0.2) is 5.65 Å². The molecule has 0 aliphatic heterocycles. The van der Waals surface area contributed by atoms with Crippen LogP contribution in [-0.4, -0.2) is 43.6 Å². The summed E-state index contributed by atoms with van der Waals surface area (Å²) in [5, 5.41) is 5.12. The summed E-state index contributed by atoms with van der Waals surface area (Å²) in [5.74, 6) is 0.674. The van der Waals surface area contributed by atoms with Gasteiger partial charge in [-0.3, -0.25) is 0 Å². The molecular weight excluding hydrogens is 486 g/mol. The van der Waals surface area contributed by atoms with Gasteiger partial charge >= 0.3 is 0 Å². The number of benzene rings is 1. The van der Waals surface area contributed by atoms with Gasteiger partial charge in [0.2, 0.25) is 10.0 Å². The summed E-state index contributed by atoms with van der Waals surface area (Å²) in [7, 11) is -3.49. The lowest BCUT2D eigenvalue weighted by atomic mass is 10.0. The van der Waals surface area contributed by atoms with Crippen molar-refractivity contribution < 1.29 is 8.42 Å². The maximum absolute atomic E-state index is 12.2. The number of rotatable bonds is 6. The standard InChI is InChI=1S/C27H25N7O2S/c1-16-13-21(18-7-5-4-6-8-18)24(32-16)17(2)33-26-23-22(14-29-25(23)30-15-31-26)19-9-11-28-27-20(19)10-12-34(27)37(3,35)36/h4-15,17,32H,1-3H3,(H2,29,30,31,33). The van der Waals surface area contributed by atoms with Crippen molar-refractivity contribution >= 4 is 37.9 Å². The Bertz CT molecular complexity index is 1870. The number of aryl methyl sites for hydroxylation is 1.